The molecule has 1 aromatic heterocycles. The standard InChI is InChI=1S/C27H27F3N6O3S/c1-18(33-21-6-8-23(9-7-21)39-27(28,29)30)35-10-12-36(13-11-35)26-24-15-20(16-25(24)31-17-32-26)19-4-3-5-22(14-19)34-40(2,37)38/h3-9,14-15,17,33-34H,1,10-13,16H2,2H3. The minimum absolute atomic E-state index is 0.287. The molecular weight excluding hydrogens is 545 g/mol. The van der Waals surface area contributed by atoms with Gasteiger partial charge in [0.25, 0.3) is 0 Å². The third-order valence-electron chi connectivity index (χ3n) is 6.50. The molecule has 9 nitrogen and oxygen atoms in total. The number of anilines is 3. The first-order chi connectivity index (χ1) is 18.9. The Kier molecular flexibility index (Phi) is 7.32. The summed E-state index contributed by atoms with van der Waals surface area (Å²) >= 11 is 0. The van der Waals surface area contributed by atoms with E-state index in [2.05, 4.69) is 47.2 Å². The molecule has 5 rings (SSSR count). The van der Waals surface area contributed by atoms with Gasteiger partial charge in [0.05, 0.1) is 17.8 Å². The largest absolute Gasteiger partial charge is 0.573 e. The molecule has 0 saturated carbocycles. The molecule has 1 aliphatic carbocycles. The summed E-state index contributed by atoms with van der Waals surface area (Å²) in [5.74, 6) is 1.19. The highest BCUT2D eigenvalue weighted by Crippen LogP contribution is 2.36. The fraction of sp³-hybridized carbons (Fsp3) is 0.259. The van der Waals surface area contributed by atoms with E-state index in [1.54, 1.807) is 18.5 Å². The van der Waals surface area contributed by atoms with Crippen molar-refractivity contribution in [3.63, 3.8) is 0 Å². The topological polar surface area (TPSA) is 99.7 Å². The number of alkyl halides is 3. The number of rotatable bonds is 8. The van der Waals surface area contributed by atoms with Crippen LogP contribution in [0.2, 0.25) is 0 Å². The molecule has 0 radical (unpaired) electrons. The van der Waals surface area contributed by atoms with Crippen LogP contribution in [-0.2, 0) is 16.4 Å². The Morgan fingerprint density at radius 3 is 2.42 bits per heavy atom. The lowest BCUT2D eigenvalue weighted by Gasteiger charge is -2.38. The zero-order valence-electron chi connectivity index (χ0n) is 21.6. The van der Waals surface area contributed by atoms with E-state index in [1.165, 1.54) is 24.3 Å². The summed E-state index contributed by atoms with van der Waals surface area (Å²) in [6.45, 7) is 6.78. The van der Waals surface area contributed by atoms with E-state index in [-0.39, 0.29) is 5.75 Å². The molecule has 1 saturated heterocycles. The van der Waals surface area contributed by atoms with Crippen LogP contribution in [-0.4, -0.2) is 62.1 Å². The second kappa shape index (κ2) is 10.7. The number of allylic oxidation sites excluding steroid dienone is 1. The number of nitrogens with zero attached hydrogens (tertiary/aromatic N) is 4. The van der Waals surface area contributed by atoms with Gasteiger partial charge in [-0.2, -0.15) is 0 Å². The Hall–Kier alpha value is -4.26. The van der Waals surface area contributed by atoms with E-state index in [1.807, 2.05) is 12.1 Å². The van der Waals surface area contributed by atoms with Crippen LogP contribution in [0.25, 0.3) is 11.6 Å². The number of ether oxygens (including phenoxy) is 1. The first-order valence-electron chi connectivity index (χ1n) is 12.4. The number of piperazine rings is 1. The van der Waals surface area contributed by atoms with Gasteiger partial charge in [-0.25, -0.2) is 18.4 Å². The zero-order chi connectivity index (χ0) is 28.5. The number of hydrogen-bond donors (Lipinski definition) is 2. The van der Waals surface area contributed by atoms with Crippen LogP contribution >= 0.6 is 0 Å². The van der Waals surface area contributed by atoms with E-state index < -0.39 is 16.4 Å². The van der Waals surface area contributed by atoms with E-state index in [0.717, 1.165) is 34.5 Å². The molecule has 210 valence electrons. The third kappa shape index (κ3) is 6.65. The van der Waals surface area contributed by atoms with E-state index >= 15 is 0 Å². The molecule has 2 aromatic carbocycles. The molecule has 2 heterocycles. The Morgan fingerprint density at radius 1 is 1.02 bits per heavy atom. The van der Waals surface area contributed by atoms with Gasteiger partial charge >= 0.3 is 6.36 Å². The van der Waals surface area contributed by atoms with Gasteiger partial charge in [-0.1, -0.05) is 18.7 Å². The number of benzene rings is 2. The lowest BCUT2D eigenvalue weighted by molar-refractivity contribution is -0.274. The molecular formula is C27H27F3N6O3S. The van der Waals surface area contributed by atoms with Gasteiger partial charge in [-0.05, 0) is 53.6 Å². The van der Waals surface area contributed by atoms with E-state index in [0.29, 0.717) is 49.8 Å². The van der Waals surface area contributed by atoms with Crippen LogP contribution in [0.4, 0.5) is 30.4 Å². The maximum atomic E-state index is 12.4. The highest BCUT2D eigenvalue weighted by Gasteiger charge is 2.31. The van der Waals surface area contributed by atoms with Gasteiger partial charge in [0.1, 0.15) is 17.9 Å². The van der Waals surface area contributed by atoms with Crippen LogP contribution in [0, 0.1) is 0 Å². The SMILES string of the molecule is C=C(Nc1ccc(OC(F)(F)F)cc1)N1CCN(c2ncnc3c2C=C(c2cccc(NS(C)(=O)=O)c2)C3)CC1. The van der Waals surface area contributed by atoms with Crippen molar-refractivity contribution in [1.82, 2.24) is 14.9 Å². The van der Waals surface area contributed by atoms with Crippen molar-refractivity contribution >= 4 is 38.9 Å². The quantitative estimate of drug-likeness (QED) is 0.406. The predicted octanol–water partition coefficient (Wildman–Crippen LogP) is 4.55. The van der Waals surface area contributed by atoms with Crippen molar-refractivity contribution in [2.45, 2.75) is 12.8 Å². The summed E-state index contributed by atoms with van der Waals surface area (Å²) in [6, 6.07) is 12.8. The highest BCUT2D eigenvalue weighted by atomic mass is 32.2. The maximum Gasteiger partial charge on any atom is 0.573 e. The molecule has 1 fully saturated rings. The molecule has 3 aromatic rings. The number of nitrogens with one attached hydrogen (secondary N) is 2. The van der Waals surface area contributed by atoms with Crippen molar-refractivity contribution in [2.24, 2.45) is 0 Å². The first kappa shape index (κ1) is 27.3. The summed E-state index contributed by atoms with van der Waals surface area (Å²) in [6.07, 6.45) is 0.614. The van der Waals surface area contributed by atoms with Crippen LogP contribution in [0.3, 0.4) is 0 Å². The summed E-state index contributed by atoms with van der Waals surface area (Å²) in [4.78, 5) is 13.3. The molecule has 40 heavy (non-hydrogen) atoms. The van der Waals surface area contributed by atoms with E-state index in [4.69, 9.17) is 0 Å². The van der Waals surface area contributed by atoms with Crippen molar-refractivity contribution in [2.75, 3.05) is 47.4 Å². The Morgan fingerprint density at radius 2 is 1.75 bits per heavy atom. The first-order valence-corrected chi connectivity index (χ1v) is 14.3. The molecule has 13 heteroatoms. The molecule has 0 bridgehead atoms. The summed E-state index contributed by atoms with van der Waals surface area (Å²) in [7, 11) is -3.38. The van der Waals surface area contributed by atoms with Gasteiger partial charge < -0.3 is 19.9 Å². The van der Waals surface area contributed by atoms with Crippen LogP contribution < -0.4 is 19.7 Å². The Balaban J connectivity index is 1.23. The van der Waals surface area contributed by atoms with Gasteiger partial charge in [0.15, 0.2) is 0 Å². The van der Waals surface area contributed by atoms with Gasteiger partial charge in [0.2, 0.25) is 10.0 Å². The summed E-state index contributed by atoms with van der Waals surface area (Å²) in [5.41, 5.74) is 4.89. The third-order valence-corrected chi connectivity index (χ3v) is 7.10. The second-order valence-electron chi connectivity index (χ2n) is 9.48. The number of fused-ring (bicyclic) bond motifs is 1. The van der Waals surface area contributed by atoms with Crippen molar-refractivity contribution < 1.29 is 26.3 Å². The fourth-order valence-electron chi connectivity index (χ4n) is 4.72. The van der Waals surface area contributed by atoms with Gasteiger partial charge in [0, 0.05) is 49.5 Å². The van der Waals surface area contributed by atoms with E-state index in [9.17, 15) is 21.6 Å². The zero-order valence-corrected chi connectivity index (χ0v) is 22.4. The Labute approximate surface area is 230 Å². The second-order valence-corrected chi connectivity index (χ2v) is 11.2. The Bertz CT molecular complexity index is 1550. The van der Waals surface area contributed by atoms with Crippen LogP contribution in [0.5, 0.6) is 5.75 Å². The molecule has 1 aliphatic heterocycles. The van der Waals surface area contributed by atoms with Gasteiger partial charge in [-0.15, -0.1) is 13.2 Å². The van der Waals surface area contributed by atoms with Crippen molar-refractivity contribution in [1.29, 1.82) is 0 Å². The summed E-state index contributed by atoms with van der Waals surface area (Å²) in [5, 5.41) is 3.14. The summed E-state index contributed by atoms with van der Waals surface area (Å²) < 4.78 is 66.9. The highest BCUT2D eigenvalue weighted by molar-refractivity contribution is 7.92. The molecule has 2 aliphatic rings. The molecule has 0 atom stereocenters. The molecule has 0 amide bonds. The lowest BCUT2D eigenvalue weighted by Crippen LogP contribution is -2.47. The minimum Gasteiger partial charge on any atom is -0.406 e. The van der Waals surface area contributed by atoms with Crippen LogP contribution in [0.1, 0.15) is 16.8 Å². The minimum atomic E-state index is -4.73. The smallest absolute Gasteiger partial charge is 0.406 e. The normalized spacial score (nSPS) is 15.3. The average Bonchev–Trinajstić information content (AvgIpc) is 3.33. The maximum absolute atomic E-state index is 12.4. The molecule has 2 N–H and O–H groups in total. The monoisotopic (exact) mass is 572 g/mol. The number of hydrogen-bond acceptors (Lipinski definition) is 8. The molecule has 0 spiro atoms. The average molecular weight is 573 g/mol. The van der Waals surface area contributed by atoms with Crippen LogP contribution in [0.15, 0.2) is 67.3 Å². The lowest BCUT2D eigenvalue weighted by atomic mass is 10.0. The molecule has 0 unspecified atom stereocenters. The van der Waals surface area contributed by atoms with Crippen molar-refractivity contribution in [3.05, 3.63) is 84.1 Å². The number of aromatic nitrogens is 2. The predicted molar refractivity (Wildman–Crippen MR) is 148 cm³/mol. The van der Waals surface area contributed by atoms with Crippen molar-refractivity contribution in [3.8, 4) is 5.75 Å². The number of halogens is 3. The fourth-order valence-corrected chi connectivity index (χ4v) is 5.28. The van der Waals surface area contributed by atoms with Gasteiger partial charge in [-0.3, -0.25) is 4.72 Å². The number of sulfonamides is 1.